The monoisotopic (exact) mass is 289 g/mol. The van der Waals surface area contributed by atoms with Crippen LogP contribution in [0.2, 0.25) is 0 Å². The van der Waals surface area contributed by atoms with Crippen LogP contribution in [0.4, 0.5) is 0 Å². The number of rotatable bonds is 10. The van der Waals surface area contributed by atoms with Crippen molar-refractivity contribution in [3.8, 4) is 0 Å². The Morgan fingerprint density at radius 2 is 1.90 bits per heavy atom. The van der Waals surface area contributed by atoms with E-state index in [9.17, 15) is 0 Å². The molecule has 2 aromatic rings. The highest BCUT2D eigenvalue weighted by molar-refractivity contribution is 5.83. The maximum atomic E-state index is 8.68. The summed E-state index contributed by atoms with van der Waals surface area (Å²) < 4.78 is 2.36. The standard InChI is InChI=1S/C17H27N3O/c1-2-11-20-14-15(16-6-3-4-7-17(16)20)13-19-9-5-8-18-10-12-21/h3-4,6-7,14,18-19,21H,2,5,8-13H2,1H3. The molecule has 1 aromatic carbocycles. The van der Waals surface area contributed by atoms with E-state index in [1.807, 2.05) is 0 Å². The van der Waals surface area contributed by atoms with Crippen LogP contribution < -0.4 is 10.6 Å². The molecule has 0 aliphatic heterocycles. The van der Waals surface area contributed by atoms with Crippen LogP contribution in [0, 0.1) is 0 Å². The van der Waals surface area contributed by atoms with Crippen molar-refractivity contribution in [3.05, 3.63) is 36.0 Å². The van der Waals surface area contributed by atoms with E-state index in [-0.39, 0.29) is 6.61 Å². The lowest BCUT2D eigenvalue weighted by molar-refractivity contribution is 0.292. The van der Waals surface area contributed by atoms with Gasteiger partial charge in [-0.3, -0.25) is 0 Å². The van der Waals surface area contributed by atoms with Gasteiger partial charge in [0.2, 0.25) is 0 Å². The zero-order chi connectivity index (χ0) is 14.9. The number of nitrogens with one attached hydrogen (secondary N) is 2. The zero-order valence-corrected chi connectivity index (χ0v) is 12.9. The molecular weight excluding hydrogens is 262 g/mol. The summed E-state index contributed by atoms with van der Waals surface area (Å²) in [6, 6.07) is 8.63. The fraction of sp³-hybridized carbons (Fsp3) is 0.529. The maximum Gasteiger partial charge on any atom is 0.0555 e. The van der Waals surface area contributed by atoms with E-state index in [2.05, 4.69) is 52.6 Å². The van der Waals surface area contributed by atoms with Crippen molar-refractivity contribution in [2.24, 2.45) is 0 Å². The number of aliphatic hydroxyl groups is 1. The minimum Gasteiger partial charge on any atom is -0.395 e. The van der Waals surface area contributed by atoms with E-state index < -0.39 is 0 Å². The van der Waals surface area contributed by atoms with Gasteiger partial charge in [0.15, 0.2) is 0 Å². The van der Waals surface area contributed by atoms with E-state index in [0.29, 0.717) is 6.54 Å². The lowest BCUT2D eigenvalue weighted by Gasteiger charge is -2.05. The summed E-state index contributed by atoms with van der Waals surface area (Å²) in [5.41, 5.74) is 2.71. The molecule has 1 heterocycles. The molecule has 0 spiro atoms. The molecule has 0 unspecified atom stereocenters. The molecule has 0 fully saturated rings. The van der Waals surface area contributed by atoms with Gasteiger partial charge in [-0.25, -0.2) is 0 Å². The van der Waals surface area contributed by atoms with Gasteiger partial charge in [-0.15, -0.1) is 0 Å². The van der Waals surface area contributed by atoms with Gasteiger partial charge in [-0.1, -0.05) is 25.1 Å². The fourth-order valence-corrected chi connectivity index (χ4v) is 2.66. The van der Waals surface area contributed by atoms with E-state index in [1.165, 1.54) is 16.5 Å². The Hall–Kier alpha value is -1.36. The zero-order valence-electron chi connectivity index (χ0n) is 12.9. The molecular formula is C17H27N3O. The Morgan fingerprint density at radius 3 is 2.71 bits per heavy atom. The van der Waals surface area contributed by atoms with Crippen molar-refractivity contribution in [1.29, 1.82) is 0 Å². The molecule has 0 aliphatic carbocycles. The molecule has 2 rings (SSSR count). The van der Waals surface area contributed by atoms with Crippen molar-refractivity contribution in [2.75, 3.05) is 26.2 Å². The molecule has 0 amide bonds. The number of aliphatic hydroxyl groups excluding tert-OH is 1. The Morgan fingerprint density at radius 1 is 1.10 bits per heavy atom. The average Bonchev–Trinajstić information content (AvgIpc) is 2.85. The largest absolute Gasteiger partial charge is 0.395 e. The summed E-state index contributed by atoms with van der Waals surface area (Å²) in [6.07, 6.45) is 4.51. The molecule has 0 radical (unpaired) electrons. The van der Waals surface area contributed by atoms with Crippen molar-refractivity contribution < 1.29 is 5.11 Å². The Bertz CT molecular complexity index is 536. The Kier molecular flexibility index (Phi) is 6.73. The van der Waals surface area contributed by atoms with Gasteiger partial charge in [-0.05, 0) is 37.6 Å². The fourth-order valence-electron chi connectivity index (χ4n) is 2.66. The topological polar surface area (TPSA) is 49.2 Å². The minimum absolute atomic E-state index is 0.213. The highest BCUT2D eigenvalue weighted by Crippen LogP contribution is 2.21. The van der Waals surface area contributed by atoms with E-state index in [4.69, 9.17) is 5.11 Å². The molecule has 4 nitrogen and oxygen atoms in total. The van der Waals surface area contributed by atoms with Crippen molar-refractivity contribution in [1.82, 2.24) is 15.2 Å². The SMILES string of the molecule is CCCn1cc(CNCCCNCCO)c2ccccc21. The molecule has 21 heavy (non-hydrogen) atoms. The first-order chi connectivity index (χ1) is 10.4. The van der Waals surface area contributed by atoms with Gasteiger partial charge in [0.25, 0.3) is 0 Å². The van der Waals surface area contributed by atoms with Gasteiger partial charge < -0.3 is 20.3 Å². The van der Waals surface area contributed by atoms with Gasteiger partial charge in [0.05, 0.1) is 6.61 Å². The van der Waals surface area contributed by atoms with Gasteiger partial charge >= 0.3 is 0 Å². The third kappa shape index (κ3) is 4.56. The van der Waals surface area contributed by atoms with Crippen molar-refractivity contribution in [3.63, 3.8) is 0 Å². The van der Waals surface area contributed by atoms with Gasteiger partial charge in [0, 0.05) is 36.7 Å². The number of hydrogen-bond acceptors (Lipinski definition) is 3. The normalized spacial score (nSPS) is 11.3. The molecule has 0 saturated heterocycles. The average molecular weight is 289 g/mol. The second kappa shape index (κ2) is 8.82. The Labute approximate surface area is 127 Å². The number of para-hydroxylation sites is 1. The molecule has 0 bridgehead atoms. The highest BCUT2D eigenvalue weighted by atomic mass is 16.3. The van der Waals surface area contributed by atoms with E-state index in [1.54, 1.807) is 0 Å². The summed E-state index contributed by atoms with van der Waals surface area (Å²) in [6.45, 7) is 7.04. The number of aromatic nitrogens is 1. The van der Waals surface area contributed by atoms with Crippen LogP contribution in [-0.2, 0) is 13.1 Å². The lowest BCUT2D eigenvalue weighted by atomic mass is 10.2. The van der Waals surface area contributed by atoms with E-state index >= 15 is 0 Å². The molecule has 0 aliphatic rings. The van der Waals surface area contributed by atoms with Crippen LogP contribution >= 0.6 is 0 Å². The third-order valence-corrected chi connectivity index (χ3v) is 3.65. The predicted molar refractivity (Wildman–Crippen MR) is 88.5 cm³/mol. The van der Waals surface area contributed by atoms with Crippen molar-refractivity contribution >= 4 is 10.9 Å². The maximum absolute atomic E-state index is 8.68. The smallest absolute Gasteiger partial charge is 0.0555 e. The van der Waals surface area contributed by atoms with Crippen LogP contribution in [0.5, 0.6) is 0 Å². The van der Waals surface area contributed by atoms with Crippen LogP contribution in [0.1, 0.15) is 25.3 Å². The van der Waals surface area contributed by atoms with Crippen LogP contribution in [0.3, 0.4) is 0 Å². The quantitative estimate of drug-likeness (QED) is 0.587. The minimum atomic E-state index is 0.213. The van der Waals surface area contributed by atoms with Crippen LogP contribution in [0.15, 0.2) is 30.5 Å². The third-order valence-electron chi connectivity index (χ3n) is 3.65. The highest BCUT2D eigenvalue weighted by Gasteiger charge is 2.06. The van der Waals surface area contributed by atoms with Gasteiger partial charge in [-0.2, -0.15) is 0 Å². The van der Waals surface area contributed by atoms with E-state index in [0.717, 1.165) is 39.0 Å². The van der Waals surface area contributed by atoms with Crippen LogP contribution in [-0.4, -0.2) is 35.9 Å². The Balaban J connectivity index is 1.87. The molecule has 116 valence electrons. The summed E-state index contributed by atoms with van der Waals surface area (Å²) in [5.74, 6) is 0. The number of benzene rings is 1. The summed E-state index contributed by atoms with van der Waals surface area (Å²) >= 11 is 0. The number of hydrogen-bond donors (Lipinski definition) is 3. The second-order valence-electron chi connectivity index (χ2n) is 5.37. The first kappa shape index (κ1) is 16.0. The summed E-state index contributed by atoms with van der Waals surface area (Å²) in [7, 11) is 0. The summed E-state index contributed by atoms with van der Waals surface area (Å²) in [4.78, 5) is 0. The summed E-state index contributed by atoms with van der Waals surface area (Å²) in [5, 5.41) is 16.7. The number of aryl methyl sites for hydroxylation is 1. The molecule has 1 aromatic heterocycles. The number of fused-ring (bicyclic) bond motifs is 1. The second-order valence-corrected chi connectivity index (χ2v) is 5.37. The first-order valence-electron chi connectivity index (χ1n) is 7.96. The molecule has 3 N–H and O–H groups in total. The molecule has 0 atom stereocenters. The predicted octanol–water partition coefficient (Wildman–Crippen LogP) is 2.11. The van der Waals surface area contributed by atoms with Gasteiger partial charge in [0.1, 0.15) is 0 Å². The lowest BCUT2D eigenvalue weighted by Crippen LogP contribution is -2.23. The number of nitrogens with zero attached hydrogens (tertiary/aromatic N) is 1. The molecule has 0 saturated carbocycles. The first-order valence-corrected chi connectivity index (χ1v) is 7.96. The van der Waals surface area contributed by atoms with Crippen LogP contribution in [0.25, 0.3) is 10.9 Å². The molecule has 4 heteroatoms. The van der Waals surface area contributed by atoms with Crippen molar-refractivity contribution in [2.45, 2.75) is 32.9 Å².